The number of aliphatic carboxylic acids is 1. The zero-order valence-electron chi connectivity index (χ0n) is 15.4. The van der Waals surface area contributed by atoms with E-state index < -0.39 is 64.5 Å². The van der Waals surface area contributed by atoms with Gasteiger partial charge in [0.1, 0.15) is 19.5 Å². The molecule has 2 saturated carbocycles. The molecule has 0 spiro atoms. The largest absolute Gasteiger partial charge is 0.481 e. The van der Waals surface area contributed by atoms with Gasteiger partial charge >= 0.3 is 11.9 Å². The fraction of sp³-hybridized carbons (Fsp3) is 0.647. The summed E-state index contributed by atoms with van der Waals surface area (Å²) in [5, 5.41) is 8.99. The van der Waals surface area contributed by atoms with Gasteiger partial charge in [-0.15, -0.1) is 46.4 Å². The zero-order valence-corrected chi connectivity index (χ0v) is 24.4. The summed E-state index contributed by atoms with van der Waals surface area (Å²) in [6.45, 7) is -0.434. The van der Waals surface area contributed by atoms with Crippen LogP contribution in [0.1, 0.15) is 6.42 Å². The van der Waals surface area contributed by atoms with E-state index in [0.717, 1.165) is 0 Å². The van der Waals surface area contributed by atoms with Crippen LogP contribution in [0.15, 0.2) is 20.1 Å². The standard InChI is InChI=1S/C17H8Cl12O4/c18-6-7(19)13(23)3(1-12(6,22)16(13,26)27)2-33-11(32)5-4(10(30)31)14(24)8(20)9(21)15(5,25)17(14,28)29/h3-5H,1-2H2,(H,30,31)/t3-,4-,5+,12+,13+,14+,15+/m1/s1. The van der Waals surface area contributed by atoms with E-state index in [-0.39, 0.29) is 26.5 Å². The Morgan fingerprint density at radius 3 is 1.64 bits per heavy atom. The number of hydrogen-bond donors (Lipinski definition) is 1. The van der Waals surface area contributed by atoms with E-state index >= 15 is 0 Å². The fourth-order valence-corrected chi connectivity index (χ4v) is 10.8. The molecule has 4 aliphatic carbocycles. The number of carboxylic acid groups (broad SMARTS) is 1. The lowest BCUT2D eigenvalue weighted by Crippen LogP contribution is -2.47. The van der Waals surface area contributed by atoms with Crippen molar-refractivity contribution < 1.29 is 19.4 Å². The molecule has 0 aromatic rings. The molecule has 33 heavy (non-hydrogen) atoms. The van der Waals surface area contributed by atoms with E-state index in [1.165, 1.54) is 0 Å². The topological polar surface area (TPSA) is 63.6 Å². The van der Waals surface area contributed by atoms with Crippen molar-refractivity contribution in [3.63, 3.8) is 0 Å². The highest BCUT2D eigenvalue weighted by atomic mass is 35.5. The molecule has 4 nitrogen and oxygen atoms in total. The maximum atomic E-state index is 13.2. The van der Waals surface area contributed by atoms with Crippen molar-refractivity contribution in [1.29, 1.82) is 0 Å². The van der Waals surface area contributed by atoms with Crippen LogP contribution in [0.2, 0.25) is 0 Å². The van der Waals surface area contributed by atoms with Crippen molar-refractivity contribution in [3.05, 3.63) is 20.1 Å². The third kappa shape index (κ3) is 2.86. The Hall–Kier alpha value is 1.90. The second-order valence-electron chi connectivity index (χ2n) is 8.17. The van der Waals surface area contributed by atoms with Crippen LogP contribution >= 0.6 is 139 Å². The Labute approximate surface area is 247 Å². The Bertz CT molecular complexity index is 1060. The van der Waals surface area contributed by atoms with Crippen LogP contribution in [0.25, 0.3) is 0 Å². The molecule has 1 N–H and O–H groups in total. The molecule has 16 heteroatoms. The molecule has 0 radical (unpaired) electrons. The van der Waals surface area contributed by atoms with Crippen LogP contribution in [0.4, 0.5) is 0 Å². The summed E-state index contributed by atoms with van der Waals surface area (Å²) >= 11 is 76.8. The number of fused-ring (bicyclic) bond motifs is 4. The molecule has 0 aromatic heterocycles. The summed E-state index contributed by atoms with van der Waals surface area (Å²) in [7, 11) is 0. The third-order valence-corrected chi connectivity index (χ3v) is 15.4. The molecule has 0 heterocycles. The van der Waals surface area contributed by atoms with Crippen LogP contribution in [0.5, 0.6) is 0 Å². The molecule has 4 bridgehead atoms. The predicted octanol–water partition coefficient (Wildman–Crippen LogP) is 7.54. The third-order valence-electron chi connectivity index (χ3n) is 6.79. The zero-order chi connectivity index (χ0) is 25.3. The highest BCUT2D eigenvalue weighted by Gasteiger charge is 2.86. The number of carbonyl (C=O) groups is 2. The van der Waals surface area contributed by atoms with Crippen molar-refractivity contribution in [2.24, 2.45) is 17.8 Å². The number of carbonyl (C=O) groups excluding carboxylic acids is 1. The number of halogens is 12. The normalized spacial score (nSPS) is 47.0. The first-order chi connectivity index (χ1) is 14.8. The summed E-state index contributed by atoms with van der Waals surface area (Å²) in [6.07, 6.45) is -0.00663. The molecule has 2 fully saturated rings. The lowest BCUT2D eigenvalue weighted by Gasteiger charge is -2.35. The van der Waals surface area contributed by atoms with Crippen molar-refractivity contribution in [1.82, 2.24) is 0 Å². The number of hydrogen-bond acceptors (Lipinski definition) is 3. The molecular weight excluding hydrogens is 694 g/mol. The minimum atomic E-state index is -2.27. The lowest BCUT2D eigenvalue weighted by atomic mass is 9.82. The van der Waals surface area contributed by atoms with E-state index in [2.05, 4.69) is 0 Å². The van der Waals surface area contributed by atoms with Crippen LogP contribution in [0, 0.1) is 17.8 Å². The molecule has 0 amide bonds. The van der Waals surface area contributed by atoms with Crippen molar-refractivity contribution in [2.75, 3.05) is 6.61 Å². The first-order valence-electron chi connectivity index (χ1n) is 8.84. The number of carboxylic acids is 1. The number of esters is 1. The van der Waals surface area contributed by atoms with Crippen LogP contribution in [-0.2, 0) is 14.3 Å². The van der Waals surface area contributed by atoms with Gasteiger partial charge in [0, 0.05) is 5.92 Å². The van der Waals surface area contributed by atoms with Gasteiger partial charge in [-0.3, -0.25) is 9.59 Å². The van der Waals surface area contributed by atoms with Crippen molar-refractivity contribution in [3.8, 4) is 0 Å². The van der Waals surface area contributed by atoms with E-state index in [0.29, 0.717) is 0 Å². The molecule has 0 aromatic carbocycles. The van der Waals surface area contributed by atoms with Gasteiger partial charge in [0.15, 0.2) is 8.67 Å². The average Bonchev–Trinajstić information content (AvgIpc) is 3.06. The van der Waals surface area contributed by atoms with E-state index in [9.17, 15) is 14.7 Å². The summed E-state index contributed by atoms with van der Waals surface area (Å²) < 4.78 is 1.29. The Balaban J connectivity index is 1.66. The van der Waals surface area contributed by atoms with Crippen molar-refractivity contribution in [2.45, 2.75) is 34.6 Å². The van der Waals surface area contributed by atoms with Gasteiger partial charge in [0.05, 0.1) is 38.6 Å². The molecule has 0 aliphatic heterocycles. The van der Waals surface area contributed by atoms with E-state index in [1.54, 1.807) is 0 Å². The van der Waals surface area contributed by atoms with Crippen LogP contribution < -0.4 is 0 Å². The maximum Gasteiger partial charge on any atom is 0.312 e. The van der Waals surface area contributed by atoms with Crippen molar-refractivity contribution >= 4 is 151 Å². The predicted molar refractivity (Wildman–Crippen MR) is 134 cm³/mol. The summed E-state index contributed by atoms with van der Waals surface area (Å²) in [5.74, 6) is -6.98. The van der Waals surface area contributed by atoms with Gasteiger partial charge in [0.25, 0.3) is 0 Å². The Morgan fingerprint density at radius 2 is 1.21 bits per heavy atom. The Kier molecular flexibility index (Phi) is 6.73. The second-order valence-corrected chi connectivity index (χ2v) is 14.8. The number of alkyl halides is 8. The van der Waals surface area contributed by atoms with E-state index in [1.807, 2.05) is 0 Å². The van der Waals surface area contributed by atoms with Gasteiger partial charge in [-0.1, -0.05) is 92.8 Å². The minimum Gasteiger partial charge on any atom is -0.481 e. The smallest absolute Gasteiger partial charge is 0.312 e. The SMILES string of the molecule is O=C(OC[C@H]1C[C@]2(Cl)C(Cl)=C(Cl)[C@]1(Cl)C2(Cl)Cl)[C@@H]1[C@H](C(=O)O)[C@]2(Cl)C(Cl)=C(Cl)[C@]1(Cl)C2(Cl)Cl. The molecule has 4 aliphatic rings. The molecule has 7 atom stereocenters. The number of allylic oxidation sites excluding steroid dienone is 4. The highest BCUT2D eigenvalue weighted by Crippen LogP contribution is 2.77. The minimum absolute atomic E-state index is 0.00663. The molecular formula is C17H8Cl12O4. The summed E-state index contributed by atoms with van der Waals surface area (Å²) in [4.78, 5) is 17.7. The van der Waals surface area contributed by atoms with E-state index in [4.69, 9.17) is 144 Å². The van der Waals surface area contributed by atoms with Gasteiger partial charge in [-0.05, 0) is 6.42 Å². The first kappa shape index (κ1) is 27.9. The second kappa shape index (κ2) is 7.96. The average molecular weight is 702 g/mol. The van der Waals surface area contributed by atoms with Gasteiger partial charge < -0.3 is 9.84 Å². The highest BCUT2D eigenvalue weighted by molar-refractivity contribution is 6.67. The maximum absolute atomic E-state index is 13.2. The molecule has 4 rings (SSSR count). The fourth-order valence-electron chi connectivity index (χ4n) is 5.07. The number of ether oxygens (including phenoxy) is 1. The molecule has 0 unspecified atom stereocenters. The monoisotopic (exact) mass is 696 g/mol. The molecule has 0 saturated heterocycles. The Morgan fingerprint density at radius 1 is 0.758 bits per heavy atom. The quantitative estimate of drug-likeness (QED) is 0.243. The molecule has 184 valence electrons. The number of rotatable bonds is 4. The van der Waals surface area contributed by atoms with Gasteiger partial charge in [0.2, 0.25) is 0 Å². The lowest BCUT2D eigenvalue weighted by molar-refractivity contribution is -0.158. The van der Waals surface area contributed by atoms with Crippen LogP contribution in [-0.4, -0.2) is 51.8 Å². The first-order valence-corrected chi connectivity index (χ1v) is 13.4. The summed E-state index contributed by atoms with van der Waals surface area (Å²) in [6, 6.07) is 0. The van der Waals surface area contributed by atoms with Gasteiger partial charge in [-0.2, -0.15) is 0 Å². The summed E-state index contributed by atoms with van der Waals surface area (Å²) in [5.41, 5.74) is 0. The van der Waals surface area contributed by atoms with Crippen LogP contribution in [0.3, 0.4) is 0 Å². The van der Waals surface area contributed by atoms with Gasteiger partial charge in [-0.25, -0.2) is 0 Å².